The summed E-state index contributed by atoms with van der Waals surface area (Å²) in [5.74, 6) is 0.0637. The lowest BCUT2D eigenvalue weighted by Crippen LogP contribution is -2.08. The second-order valence-electron chi connectivity index (χ2n) is 3.81. The summed E-state index contributed by atoms with van der Waals surface area (Å²) in [6.45, 7) is 2.80. The van der Waals surface area contributed by atoms with Gasteiger partial charge >= 0.3 is 5.97 Å². The molecule has 2 aromatic rings. The van der Waals surface area contributed by atoms with Crippen molar-refractivity contribution in [3.05, 3.63) is 30.5 Å². The maximum atomic E-state index is 11.3. The minimum absolute atomic E-state index is 0.187. The average molecular weight is 233 g/mol. The van der Waals surface area contributed by atoms with Crippen molar-refractivity contribution in [1.82, 2.24) is 4.57 Å². The van der Waals surface area contributed by atoms with Crippen LogP contribution < -0.4 is 0 Å². The van der Waals surface area contributed by atoms with Crippen LogP contribution in [0.3, 0.4) is 0 Å². The summed E-state index contributed by atoms with van der Waals surface area (Å²) in [4.78, 5) is 11.3. The third kappa shape index (κ3) is 2.58. The van der Waals surface area contributed by atoms with Gasteiger partial charge in [-0.15, -0.1) is 0 Å². The van der Waals surface area contributed by atoms with Gasteiger partial charge in [-0.2, -0.15) is 0 Å². The molecule has 0 aliphatic heterocycles. The van der Waals surface area contributed by atoms with E-state index in [1.165, 1.54) is 0 Å². The number of carbonyl (C=O) groups is 1. The fourth-order valence-corrected chi connectivity index (χ4v) is 1.83. The summed E-state index contributed by atoms with van der Waals surface area (Å²) in [7, 11) is 0. The Balaban J connectivity index is 2.11. The van der Waals surface area contributed by atoms with E-state index < -0.39 is 0 Å². The van der Waals surface area contributed by atoms with E-state index >= 15 is 0 Å². The number of ether oxygens (including phenoxy) is 1. The molecule has 1 aromatic heterocycles. The fraction of sp³-hybridized carbons (Fsp3) is 0.308. The van der Waals surface area contributed by atoms with Gasteiger partial charge in [-0.05, 0) is 31.2 Å². The van der Waals surface area contributed by atoms with Crippen molar-refractivity contribution in [2.75, 3.05) is 6.61 Å². The second-order valence-corrected chi connectivity index (χ2v) is 3.81. The van der Waals surface area contributed by atoms with Gasteiger partial charge in [0.25, 0.3) is 0 Å². The zero-order valence-corrected chi connectivity index (χ0v) is 9.72. The molecule has 0 saturated heterocycles. The predicted octanol–water partition coefficient (Wildman–Crippen LogP) is 2.30. The Morgan fingerprint density at radius 1 is 1.41 bits per heavy atom. The highest BCUT2D eigenvalue weighted by atomic mass is 16.5. The van der Waals surface area contributed by atoms with Crippen molar-refractivity contribution < 1.29 is 14.6 Å². The Morgan fingerprint density at radius 3 is 3.00 bits per heavy atom. The molecule has 1 heterocycles. The zero-order valence-electron chi connectivity index (χ0n) is 9.72. The number of aromatic hydroxyl groups is 1. The summed E-state index contributed by atoms with van der Waals surface area (Å²) in [6.07, 6.45) is 2.27. The molecule has 0 unspecified atom stereocenters. The molecule has 0 bridgehead atoms. The van der Waals surface area contributed by atoms with Crippen LogP contribution in [-0.2, 0) is 16.1 Å². The van der Waals surface area contributed by atoms with E-state index in [-0.39, 0.29) is 11.7 Å². The van der Waals surface area contributed by atoms with E-state index in [0.29, 0.717) is 19.6 Å². The van der Waals surface area contributed by atoms with Gasteiger partial charge in [0.1, 0.15) is 5.75 Å². The SMILES string of the molecule is CCOC(=O)CCn1ccc2cc(O)ccc21. The molecule has 4 nitrogen and oxygen atoms in total. The molecule has 0 amide bonds. The van der Waals surface area contributed by atoms with Crippen LogP contribution >= 0.6 is 0 Å². The highest BCUT2D eigenvalue weighted by Gasteiger charge is 2.05. The molecule has 0 fully saturated rings. The molecule has 0 aliphatic carbocycles. The summed E-state index contributed by atoms with van der Waals surface area (Å²) >= 11 is 0. The van der Waals surface area contributed by atoms with Crippen LogP contribution in [0.5, 0.6) is 5.75 Å². The number of hydrogen-bond acceptors (Lipinski definition) is 3. The molecule has 4 heteroatoms. The molecule has 0 saturated carbocycles. The average Bonchev–Trinajstić information content (AvgIpc) is 2.69. The van der Waals surface area contributed by atoms with Crippen molar-refractivity contribution in [3.8, 4) is 5.75 Å². The van der Waals surface area contributed by atoms with E-state index in [2.05, 4.69) is 0 Å². The van der Waals surface area contributed by atoms with Crippen LogP contribution in [0.4, 0.5) is 0 Å². The number of aryl methyl sites for hydroxylation is 1. The first-order valence-electron chi connectivity index (χ1n) is 5.64. The third-order valence-corrected chi connectivity index (χ3v) is 2.62. The van der Waals surface area contributed by atoms with Gasteiger partial charge < -0.3 is 14.4 Å². The van der Waals surface area contributed by atoms with Gasteiger partial charge in [0.15, 0.2) is 0 Å². The van der Waals surface area contributed by atoms with E-state index in [1.54, 1.807) is 19.1 Å². The maximum Gasteiger partial charge on any atom is 0.307 e. The van der Waals surface area contributed by atoms with Gasteiger partial charge in [0.05, 0.1) is 13.0 Å². The number of hydrogen-bond donors (Lipinski definition) is 1. The largest absolute Gasteiger partial charge is 0.508 e. The van der Waals surface area contributed by atoms with Crippen LogP contribution in [0, 0.1) is 0 Å². The second kappa shape index (κ2) is 4.91. The summed E-state index contributed by atoms with van der Waals surface area (Å²) in [6, 6.07) is 7.11. The normalized spacial score (nSPS) is 10.6. The lowest BCUT2D eigenvalue weighted by molar-refractivity contribution is -0.143. The van der Waals surface area contributed by atoms with E-state index in [4.69, 9.17) is 4.74 Å². The van der Waals surface area contributed by atoms with Gasteiger partial charge in [-0.1, -0.05) is 0 Å². The predicted molar refractivity (Wildman–Crippen MR) is 64.9 cm³/mol. The minimum atomic E-state index is -0.187. The van der Waals surface area contributed by atoms with E-state index in [1.807, 2.05) is 22.9 Å². The minimum Gasteiger partial charge on any atom is -0.508 e. The van der Waals surface area contributed by atoms with Crippen LogP contribution in [0.15, 0.2) is 30.5 Å². The van der Waals surface area contributed by atoms with Crippen molar-refractivity contribution in [2.45, 2.75) is 19.9 Å². The number of esters is 1. The van der Waals surface area contributed by atoms with Gasteiger partial charge in [-0.25, -0.2) is 0 Å². The molecule has 0 radical (unpaired) electrons. The van der Waals surface area contributed by atoms with Crippen molar-refractivity contribution >= 4 is 16.9 Å². The Morgan fingerprint density at radius 2 is 2.24 bits per heavy atom. The molecule has 2 rings (SSSR count). The molecule has 1 aromatic carbocycles. The molecule has 90 valence electrons. The smallest absolute Gasteiger partial charge is 0.307 e. The fourth-order valence-electron chi connectivity index (χ4n) is 1.83. The van der Waals surface area contributed by atoms with E-state index in [0.717, 1.165) is 10.9 Å². The zero-order chi connectivity index (χ0) is 12.3. The number of phenolic OH excluding ortho intramolecular Hbond substituents is 1. The van der Waals surface area contributed by atoms with Crippen LogP contribution in [0.2, 0.25) is 0 Å². The van der Waals surface area contributed by atoms with Crippen LogP contribution in [0.25, 0.3) is 10.9 Å². The quantitative estimate of drug-likeness (QED) is 0.824. The van der Waals surface area contributed by atoms with Crippen molar-refractivity contribution in [1.29, 1.82) is 0 Å². The molecule has 0 atom stereocenters. The number of aromatic nitrogens is 1. The summed E-state index contributed by atoms with van der Waals surface area (Å²) in [5.41, 5.74) is 1.01. The Labute approximate surface area is 99.4 Å². The Kier molecular flexibility index (Phi) is 3.32. The topological polar surface area (TPSA) is 51.5 Å². The first kappa shape index (κ1) is 11.5. The van der Waals surface area contributed by atoms with Gasteiger partial charge in [0, 0.05) is 23.6 Å². The number of rotatable bonds is 4. The first-order valence-corrected chi connectivity index (χ1v) is 5.64. The van der Waals surface area contributed by atoms with Crippen molar-refractivity contribution in [2.24, 2.45) is 0 Å². The Bertz CT molecular complexity index is 530. The molecule has 17 heavy (non-hydrogen) atoms. The van der Waals surface area contributed by atoms with Crippen LogP contribution in [-0.4, -0.2) is 22.2 Å². The summed E-state index contributed by atoms with van der Waals surface area (Å²) < 4.78 is 6.86. The lowest BCUT2D eigenvalue weighted by Gasteiger charge is -2.05. The molecule has 0 spiro atoms. The van der Waals surface area contributed by atoms with E-state index in [9.17, 15) is 9.90 Å². The molecule has 0 aliphatic rings. The maximum absolute atomic E-state index is 11.3. The number of benzene rings is 1. The van der Waals surface area contributed by atoms with Gasteiger partial charge in [0.2, 0.25) is 0 Å². The first-order chi connectivity index (χ1) is 8.20. The summed E-state index contributed by atoms with van der Waals surface area (Å²) in [5, 5.41) is 10.3. The lowest BCUT2D eigenvalue weighted by atomic mass is 10.2. The van der Waals surface area contributed by atoms with Crippen LogP contribution in [0.1, 0.15) is 13.3 Å². The van der Waals surface area contributed by atoms with Gasteiger partial charge in [-0.3, -0.25) is 4.79 Å². The molecular formula is C13H15NO3. The highest BCUT2D eigenvalue weighted by molar-refractivity contribution is 5.81. The van der Waals surface area contributed by atoms with Crippen molar-refractivity contribution in [3.63, 3.8) is 0 Å². The number of fused-ring (bicyclic) bond motifs is 1. The third-order valence-electron chi connectivity index (χ3n) is 2.62. The number of nitrogens with zero attached hydrogens (tertiary/aromatic N) is 1. The Hall–Kier alpha value is -1.97. The highest BCUT2D eigenvalue weighted by Crippen LogP contribution is 2.21. The monoisotopic (exact) mass is 233 g/mol. The standard InChI is InChI=1S/C13H15NO3/c1-2-17-13(16)6-8-14-7-5-10-9-11(15)3-4-12(10)14/h3-5,7,9,15H,2,6,8H2,1H3. The number of phenols is 1. The molecule has 1 N–H and O–H groups in total. The molecular weight excluding hydrogens is 218 g/mol. The number of carbonyl (C=O) groups excluding carboxylic acids is 1.